The highest BCUT2D eigenvalue weighted by atomic mass is 14.9. The molecule has 0 spiro atoms. The summed E-state index contributed by atoms with van der Waals surface area (Å²) >= 11 is 0. The maximum absolute atomic E-state index is 3.62. The summed E-state index contributed by atoms with van der Waals surface area (Å²) in [6.07, 6.45) is 1.18. The molecule has 1 aromatic rings. The monoisotopic (exact) mass is 219 g/mol. The molecule has 0 aliphatic carbocycles. The topological polar surface area (TPSA) is 12.0 Å². The Morgan fingerprint density at radius 1 is 1.25 bits per heavy atom. The van der Waals surface area contributed by atoms with Gasteiger partial charge in [0.15, 0.2) is 0 Å². The maximum atomic E-state index is 3.62. The van der Waals surface area contributed by atoms with Crippen molar-refractivity contribution >= 4 is 0 Å². The summed E-state index contributed by atoms with van der Waals surface area (Å²) in [6.45, 7) is 12.3. The van der Waals surface area contributed by atoms with Crippen LogP contribution >= 0.6 is 0 Å². The summed E-state index contributed by atoms with van der Waals surface area (Å²) in [5, 5.41) is 3.62. The van der Waals surface area contributed by atoms with Gasteiger partial charge >= 0.3 is 0 Å². The van der Waals surface area contributed by atoms with E-state index in [0.717, 1.165) is 6.54 Å². The quantitative estimate of drug-likeness (QED) is 0.786. The largest absolute Gasteiger partial charge is 0.310 e. The molecule has 0 amide bonds. The van der Waals surface area contributed by atoms with Gasteiger partial charge in [0.2, 0.25) is 0 Å². The SMILES string of the molecule is CCNC(c1cccc(C)c1)C(C)(C)CC. The van der Waals surface area contributed by atoms with E-state index in [2.05, 4.69) is 64.2 Å². The molecule has 0 fully saturated rings. The molecular weight excluding hydrogens is 194 g/mol. The number of aryl methyl sites for hydroxylation is 1. The highest BCUT2D eigenvalue weighted by Gasteiger charge is 2.28. The Labute approximate surface area is 100 Å². The first-order valence-corrected chi connectivity index (χ1v) is 6.31. The van der Waals surface area contributed by atoms with E-state index in [-0.39, 0.29) is 0 Å². The Bertz CT molecular complexity index is 328. The predicted molar refractivity (Wildman–Crippen MR) is 71.7 cm³/mol. The van der Waals surface area contributed by atoms with Crippen LogP contribution in [0.1, 0.15) is 51.3 Å². The number of rotatable bonds is 5. The van der Waals surface area contributed by atoms with Crippen LogP contribution in [0.2, 0.25) is 0 Å². The number of hydrogen-bond acceptors (Lipinski definition) is 1. The molecule has 0 aliphatic rings. The number of benzene rings is 1. The second kappa shape index (κ2) is 5.49. The van der Waals surface area contributed by atoms with Gasteiger partial charge in [0, 0.05) is 6.04 Å². The van der Waals surface area contributed by atoms with Crippen LogP contribution in [0.25, 0.3) is 0 Å². The average Bonchev–Trinajstić information content (AvgIpc) is 2.25. The fraction of sp³-hybridized carbons (Fsp3) is 0.600. The van der Waals surface area contributed by atoms with E-state index in [0.29, 0.717) is 11.5 Å². The van der Waals surface area contributed by atoms with Gasteiger partial charge in [0.1, 0.15) is 0 Å². The standard InChI is InChI=1S/C15H25N/c1-6-15(4,5)14(16-7-2)13-10-8-9-12(3)11-13/h8-11,14,16H,6-7H2,1-5H3. The van der Waals surface area contributed by atoms with Crippen molar-refractivity contribution in [3.63, 3.8) is 0 Å². The van der Waals surface area contributed by atoms with Gasteiger partial charge in [-0.25, -0.2) is 0 Å². The lowest BCUT2D eigenvalue weighted by atomic mass is 9.78. The van der Waals surface area contributed by atoms with Gasteiger partial charge in [-0.3, -0.25) is 0 Å². The third kappa shape index (κ3) is 3.08. The molecule has 1 unspecified atom stereocenters. The molecule has 0 aliphatic heterocycles. The molecule has 0 saturated carbocycles. The van der Waals surface area contributed by atoms with Gasteiger partial charge in [0.25, 0.3) is 0 Å². The smallest absolute Gasteiger partial charge is 0.0371 e. The van der Waals surface area contributed by atoms with Crippen LogP contribution < -0.4 is 5.32 Å². The molecular formula is C15H25N. The Balaban J connectivity index is 3.02. The van der Waals surface area contributed by atoms with Crippen LogP contribution in [-0.2, 0) is 0 Å². The lowest BCUT2D eigenvalue weighted by Crippen LogP contribution is -2.33. The van der Waals surface area contributed by atoms with Gasteiger partial charge in [-0.05, 0) is 30.9 Å². The third-order valence-electron chi connectivity index (χ3n) is 3.48. The van der Waals surface area contributed by atoms with Gasteiger partial charge in [-0.15, -0.1) is 0 Å². The molecule has 16 heavy (non-hydrogen) atoms. The van der Waals surface area contributed by atoms with E-state index in [1.807, 2.05) is 0 Å². The summed E-state index contributed by atoms with van der Waals surface area (Å²) < 4.78 is 0. The minimum atomic E-state index is 0.295. The predicted octanol–water partition coefficient (Wildman–Crippen LogP) is 4.08. The van der Waals surface area contributed by atoms with Crippen LogP contribution in [0.3, 0.4) is 0 Å². The van der Waals surface area contributed by atoms with Gasteiger partial charge in [-0.2, -0.15) is 0 Å². The fourth-order valence-corrected chi connectivity index (χ4v) is 2.10. The molecule has 0 bridgehead atoms. The van der Waals surface area contributed by atoms with E-state index in [9.17, 15) is 0 Å². The van der Waals surface area contributed by atoms with Crippen molar-refractivity contribution in [2.75, 3.05) is 6.54 Å². The summed E-state index contributed by atoms with van der Waals surface area (Å²) in [6, 6.07) is 9.29. The second-order valence-electron chi connectivity index (χ2n) is 5.25. The zero-order valence-corrected chi connectivity index (χ0v) is 11.3. The lowest BCUT2D eigenvalue weighted by molar-refractivity contribution is 0.237. The molecule has 0 heterocycles. The molecule has 1 atom stereocenters. The van der Waals surface area contributed by atoms with Crippen LogP contribution in [0, 0.1) is 12.3 Å². The minimum Gasteiger partial charge on any atom is -0.310 e. The van der Waals surface area contributed by atoms with Crippen LogP contribution in [0.5, 0.6) is 0 Å². The van der Waals surface area contributed by atoms with E-state index in [4.69, 9.17) is 0 Å². The van der Waals surface area contributed by atoms with Gasteiger partial charge in [-0.1, -0.05) is 57.5 Å². The summed E-state index contributed by atoms with van der Waals surface area (Å²) in [7, 11) is 0. The van der Waals surface area contributed by atoms with Crippen LogP contribution in [0.15, 0.2) is 24.3 Å². The molecule has 0 aromatic heterocycles. The molecule has 1 heteroatoms. The molecule has 1 nitrogen and oxygen atoms in total. The van der Waals surface area contributed by atoms with Gasteiger partial charge in [0.05, 0.1) is 0 Å². The molecule has 1 N–H and O–H groups in total. The molecule has 1 rings (SSSR count). The van der Waals surface area contributed by atoms with E-state index < -0.39 is 0 Å². The number of hydrogen-bond donors (Lipinski definition) is 1. The van der Waals surface area contributed by atoms with Crippen molar-refractivity contribution in [2.24, 2.45) is 5.41 Å². The van der Waals surface area contributed by atoms with E-state index in [1.165, 1.54) is 17.5 Å². The molecule has 1 aromatic carbocycles. The number of nitrogens with one attached hydrogen (secondary N) is 1. The van der Waals surface area contributed by atoms with Crippen molar-refractivity contribution in [3.05, 3.63) is 35.4 Å². The average molecular weight is 219 g/mol. The highest BCUT2D eigenvalue weighted by Crippen LogP contribution is 2.36. The van der Waals surface area contributed by atoms with Crippen LogP contribution in [0.4, 0.5) is 0 Å². The molecule has 0 saturated heterocycles. The van der Waals surface area contributed by atoms with Crippen LogP contribution in [-0.4, -0.2) is 6.54 Å². The molecule has 90 valence electrons. The highest BCUT2D eigenvalue weighted by molar-refractivity contribution is 5.26. The maximum Gasteiger partial charge on any atom is 0.0371 e. The van der Waals surface area contributed by atoms with E-state index in [1.54, 1.807) is 0 Å². The van der Waals surface area contributed by atoms with Gasteiger partial charge < -0.3 is 5.32 Å². The lowest BCUT2D eigenvalue weighted by Gasteiger charge is -2.34. The van der Waals surface area contributed by atoms with Crippen molar-refractivity contribution in [3.8, 4) is 0 Å². The van der Waals surface area contributed by atoms with Crippen molar-refractivity contribution in [1.82, 2.24) is 5.32 Å². The normalized spacial score (nSPS) is 13.8. The summed E-state index contributed by atoms with van der Waals surface area (Å²) in [5.41, 5.74) is 3.05. The first-order valence-electron chi connectivity index (χ1n) is 6.31. The third-order valence-corrected chi connectivity index (χ3v) is 3.48. The first kappa shape index (κ1) is 13.2. The zero-order valence-electron chi connectivity index (χ0n) is 11.3. The minimum absolute atomic E-state index is 0.295. The molecule has 0 radical (unpaired) electrons. The Morgan fingerprint density at radius 2 is 1.94 bits per heavy atom. The first-order chi connectivity index (χ1) is 7.51. The Kier molecular flexibility index (Phi) is 4.55. The van der Waals surface area contributed by atoms with E-state index >= 15 is 0 Å². The Hall–Kier alpha value is -0.820. The zero-order chi connectivity index (χ0) is 12.2. The second-order valence-corrected chi connectivity index (χ2v) is 5.25. The van der Waals surface area contributed by atoms with Crippen molar-refractivity contribution in [2.45, 2.75) is 47.1 Å². The fourth-order valence-electron chi connectivity index (χ4n) is 2.10. The summed E-state index contributed by atoms with van der Waals surface area (Å²) in [4.78, 5) is 0. The van der Waals surface area contributed by atoms with Crippen molar-refractivity contribution < 1.29 is 0 Å². The summed E-state index contributed by atoms with van der Waals surface area (Å²) in [5.74, 6) is 0. The van der Waals surface area contributed by atoms with Crippen molar-refractivity contribution in [1.29, 1.82) is 0 Å². The Morgan fingerprint density at radius 3 is 2.44 bits per heavy atom.